The maximum atomic E-state index is 4.44. The van der Waals surface area contributed by atoms with Crippen molar-refractivity contribution in [3.05, 3.63) is 23.9 Å². The second-order valence-electron chi connectivity index (χ2n) is 3.68. The van der Waals surface area contributed by atoms with Gasteiger partial charge in [0.1, 0.15) is 5.82 Å². The van der Waals surface area contributed by atoms with E-state index in [0.29, 0.717) is 0 Å². The fourth-order valence-corrected chi connectivity index (χ4v) is 1.53. The van der Waals surface area contributed by atoms with E-state index in [1.807, 2.05) is 33.9 Å². The number of rotatable bonds is 5. The van der Waals surface area contributed by atoms with Crippen LogP contribution in [0.15, 0.2) is 18.3 Å². The molecule has 18 heavy (non-hydrogen) atoms. The van der Waals surface area contributed by atoms with E-state index in [-0.39, 0.29) is 0 Å². The van der Waals surface area contributed by atoms with E-state index in [1.54, 1.807) is 0 Å². The zero-order chi connectivity index (χ0) is 14.4. The van der Waals surface area contributed by atoms with Gasteiger partial charge in [0, 0.05) is 19.3 Å². The monoisotopic (exact) mass is 252 g/mol. The molecule has 1 aromatic rings. The van der Waals surface area contributed by atoms with Gasteiger partial charge in [-0.25, -0.2) is 4.98 Å². The molecule has 0 aromatic carbocycles. The molecule has 0 bridgehead atoms. The van der Waals surface area contributed by atoms with Crippen LogP contribution in [-0.2, 0) is 0 Å². The molecule has 1 rings (SSSR count). The Labute approximate surface area is 114 Å². The van der Waals surface area contributed by atoms with E-state index in [9.17, 15) is 0 Å². The quantitative estimate of drug-likeness (QED) is 0.727. The highest BCUT2D eigenvalue weighted by Crippen LogP contribution is 2.11. The predicted octanol–water partition coefficient (Wildman–Crippen LogP) is 5.07. The largest absolute Gasteiger partial charge is 0.357 e. The lowest BCUT2D eigenvalue weighted by molar-refractivity contribution is 0.734. The first-order valence-corrected chi connectivity index (χ1v) is 7.45. The number of aryl methyl sites for hydroxylation is 1. The van der Waals surface area contributed by atoms with E-state index >= 15 is 0 Å². The second-order valence-corrected chi connectivity index (χ2v) is 3.68. The van der Waals surface area contributed by atoms with Crippen molar-refractivity contribution < 1.29 is 0 Å². The van der Waals surface area contributed by atoms with Gasteiger partial charge in [0.25, 0.3) is 0 Å². The summed E-state index contributed by atoms with van der Waals surface area (Å²) >= 11 is 0. The number of hydrogen-bond donors (Lipinski definition) is 0. The summed E-state index contributed by atoms with van der Waals surface area (Å²) in [6.45, 7) is 16.7. The topological polar surface area (TPSA) is 16.1 Å². The van der Waals surface area contributed by atoms with Crippen molar-refractivity contribution in [3.63, 3.8) is 0 Å². The van der Waals surface area contributed by atoms with Crippen LogP contribution in [0.4, 0.5) is 5.82 Å². The highest BCUT2D eigenvalue weighted by Gasteiger charge is 2.04. The van der Waals surface area contributed by atoms with Crippen LogP contribution in [0.2, 0.25) is 0 Å². The van der Waals surface area contributed by atoms with Crippen LogP contribution in [0.3, 0.4) is 0 Å². The van der Waals surface area contributed by atoms with Crippen LogP contribution in [0, 0.1) is 6.92 Å². The first-order valence-electron chi connectivity index (χ1n) is 7.45. The lowest BCUT2D eigenvalue weighted by Crippen LogP contribution is -2.25. The minimum Gasteiger partial charge on any atom is -0.357 e. The second kappa shape index (κ2) is 14.0. The van der Waals surface area contributed by atoms with Gasteiger partial charge in [0.2, 0.25) is 0 Å². The van der Waals surface area contributed by atoms with Crippen LogP contribution in [0.1, 0.15) is 59.9 Å². The Morgan fingerprint density at radius 2 is 1.44 bits per heavy atom. The van der Waals surface area contributed by atoms with Gasteiger partial charge in [-0.1, -0.05) is 47.6 Å². The highest BCUT2D eigenvalue weighted by molar-refractivity contribution is 5.38. The molecule has 0 N–H and O–H groups in total. The maximum absolute atomic E-state index is 4.44. The molecule has 0 amide bonds. The van der Waals surface area contributed by atoms with Gasteiger partial charge < -0.3 is 4.90 Å². The minimum atomic E-state index is 1.10. The maximum Gasteiger partial charge on any atom is 0.128 e. The van der Waals surface area contributed by atoms with Crippen molar-refractivity contribution in [2.75, 3.05) is 18.0 Å². The van der Waals surface area contributed by atoms with Crippen LogP contribution in [-0.4, -0.2) is 18.1 Å². The number of pyridine rings is 1. The Bertz CT molecular complexity index is 248. The molecule has 106 valence electrons. The van der Waals surface area contributed by atoms with E-state index < -0.39 is 0 Å². The fraction of sp³-hybridized carbons (Fsp3) is 0.688. The summed E-state index contributed by atoms with van der Waals surface area (Å²) in [7, 11) is 0. The van der Waals surface area contributed by atoms with Gasteiger partial charge in [-0.15, -0.1) is 0 Å². The molecule has 0 saturated heterocycles. The van der Waals surface area contributed by atoms with Crippen molar-refractivity contribution in [2.45, 2.75) is 61.3 Å². The Hall–Kier alpha value is -1.05. The molecule has 0 unspecified atom stereocenters. The van der Waals surface area contributed by atoms with Crippen LogP contribution in [0.25, 0.3) is 0 Å². The molecule has 0 atom stereocenters. The van der Waals surface area contributed by atoms with Crippen molar-refractivity contribution in [1.29, 1.82) is 0 Å². The molecule has 0 aliphatic heterocycles. The molecule has 0 fully saturated rings. The van der Waals surface area contributed by atoms with Gasteiger partial charge in [-0.05, 0) is 31.4 Å². The third kappa shape index (κ3) is 8.10. The summed E-state index contributed by atoms with van der Waals surface area (Å²) in [6.07, 6.45) is 4.29. The Morgan fingerprint density at radius 3 is 1.78 bits per heavy atom. The van der Waals surface area contributed by atoms with Crippen molar-refractivity contribution in [3.8, 4) is 0 Å². The van der Waals surface area contributed by atoms with E-state index in [4.69, 9.17) is 0 Å². The molecule has 1 aromatic heterocycles. The Morgan fingerprint density at radius 1 is 0.944 bits per heavy atom. The molecular weight excluding hydrogens is 220 g/mol. The van der Waals surface area contributed by atoms with Crippen molar-refractivity contribution in [2.24, 2.45) is 0 Å². The zero-order valence-corrected chi connectivity index (χ0v) is 13.5. The predicted molar refractivity (Wildman–Crippen MR) is 84.5 cm³/mol. The summed E-state index contributed by atoms with van der Waals surface area (Å²) in [5.74, 6) is 1.11. The standard InChI is InChI=1S/C12H20N2.2C2H6/c1-4-8-14(9-5-2)12-7-6-11(3)10-13-12;2*1-2/h6-7,10H,4-5,8-9H2,1-3H3;2*1-2H3. The first-order chi connectivity index (χ1) is 8.77. The highest BCUT2D eigenvalue weighted by atomic mass is 15.2. The summed E-state index contributed by atoms with van der Waals surface area (Å²) in [6, 6.07) is 4.24. The van der Waals surface area contributed by atoms with Crippen molar-refractivity contribution >= 4 is 5.82 Å². The van der Waals surface area contributed by atoms with Crippen LogP contribution >= 0.6 is 0 Å². The molecule has 0 radical (unpaired) electrons. The molecule has 2 nitrogen and oxygen atoms in total. The van der Waals surface area contributed by atoms with Gasteiger partial charge >= 0.3 is 0 Å². The van der Waals surface area contributed by atoms with Gasteiger partial charge in [-0.3, -0.25) is 0 Å². The van der Waals surface area contributed by atoms with E-state index in [0.717, 1.165) is 18.9 Å². The average Bonchev–Trinajstić information content (AvgIpc) is 2.44. The lowest BCUT2D eigenvalue weighted by Gasteiger charge is -2.22. The number of aromatic nitrogens is 1. The van der Waals surface area contributed by atoms with Gasteiger partial charge in [0.15, 0.2) is 0 Å². The Kier molecular flexibility index (Phi) is 15.0. The molecule has 0 aliphatic rings. The summed E-state index contributed by atoms with van der Waals surface area (Å²) in [5, 5.41) is 0. The molecule has 0 saturated carbocycles. The van der Waals surface area contributed by atoms with Crippen LogP contribution in [0.5, 0.6) is 0 Å². The van der Waals surface area contributed by atoms with Gasteiger partial charge in [-0.2, -0.15) is 0 Å². The number of anilines is 1. The van der Waals surface area contributed by atoms with Crippen LogP contribution < -0.4 is 4.90 Å². The van der Waals surface area contributed by atoms with E-state index in [2.05, 4.69) is 42.8 Å². The summed E-state index contributed by atoms with van der Waals surface area (Å²) < 4.78 is 0. The summed E-state index contributed by atoms with van der Waals surface area (Å²) in [4.78, 5) is 6.79. The van der Waals surface area contributed by atoms with Crippen molar-refractivity contribution in [1.82, 2.24) is 4.98 Å². The third-order valence-corrected chi connectivity index (χ3v) is 2.21. The molecule has 0 aliphatic carbocycles. The normalized spacial score (nSPS) is 8.61. The SMILES string of the molecule is CC.CC.CCCN(CCC)c1ccc(C)cn1. The molecular formula is C16H32N2. The summed E-state index contributed by atoms with van der Waals surface area (Å²) in [5.41, 5.74) is 1.22. The minimum absolute atomic E-state index is 1.10. The first kappa shape index (κ1) is 19.3. The molecule has 2 heteroatoms. The molecule has 1 heterocycles. The lowest BCUT2D eigenvalue weighted by atomic mass is 10.3. The number of nitrogens with zero attached hydrogens (tertiary/aromatic N) is 2. The zero-order valence-electron chi connectivity index (χ0n) is 13.5. The fourth-order valence-electron chi connectivity index (χ4n) is 1.53. The third-order valence-electron chi connectivity index (χ3n) is 2.21. The number of hydrogen-bond acceptors (Lipinski definition) is 2. The molecule has 0 spiro atoms. The van der Waals surface area contributed by atoms with Gasteiger partial charge in [0.05, 0.1) is 0 Å². The Balaban J connectivity index is 0. The smallest absolute Gasteiger partial charge is 0.128 e. The average molecular weight is 252 g/mol. The van der Waals surface area contributed by atoms with E-state index in [1.165, 1.54) is 18.4 Å².